The molecule has 0 aliphatic rings. The van der Waals surface area contributed by atoms with Gasteiger partial charge in [0, 0.05) is 22.3 Å². The van der Waals surface area contributed by atoms with Crippen LogP contribution in [0.3, 0.4) is 0 Å². The summed E-state index contributed by atoms with van der Waals surface area (Å²) in [6.45, 7) is 8.60. The monoisotopic (exact) mass is 386 g/mol. The zero-order chi connectivity index (χ0) is 20.9. The number of hydrogen-bond acceptors (Lipinski definition) is 1. The van der Waals surface area contributed by atoms with Crippen LogP contribution in [0, 0.1) is 0 Å². The van der Waals surface area contributed by atoms with Crippen molar-refractivity contribution >= 4 is 24.3 Å². The average Bonchev–Trinajstić information content (AvgIpc) is 2.75. The van der Waals surface area contributed by atoms with Crippen LogP contribution in [0.2, 0.25) is 0 Å². The smallest absolute Gasteiger partial charge is 0.141 e. The third kappa shape index (κ3) is 6.64. The van der Waals surface area contributed by atoms with E-state index in [2.05, 4.69) is 113 Å². The Morgan fingerprint density at radius 2 is 0.793 bits per heavy atom. The molecule has 0 atom stereocenters. The van der Waals surface area contributed by atoms with Gasteiger partial charge in [-0.15, -0.1) is 0 Å². The van der Waals surface area contributed by atoms with Crippen molar-refractivity contribution in [2.24, 2.45) is 0 Å². The summed E-state index contributed by atoms with van der Waals surface area (Å²) >= 11 is 0. The summed E-state index contributed by atoms with van der Waals surface area (Å²) in [6, 6.07) is 12.7. The second kappa shape index (κ2) is 12.6. The number of allylic oxidation sites excluding steroid dienone is 4. The molecule has 29 heavy (non-hydrogen) atoms. The van der Waals surface area contributed by atoms with E-state index in [1.165, 1.54) is 0 Å². The molecule has 0 aliphatic carbocycles. The molecule has 0 unspecified atom stereocenters. The minimum absolute atomic E-state index is 0.908. The summed E-state index contributed by atoms with van der Waals surface area (Å²) < 4.78 is 6.69. The van der Waals surface area contributed by atoms with E-state index in [9.17, 15) is 0 Å². The van der Waals surface area contributed by atoms with Gasteiger partial charge in [-0.05, 0) is 25.7 Å². The lowest BCUT2D eigenvalue weighted by Gasteiger charge is -2.17. The average molecular weight is 387 g/mol. The molecule has 0 aliphatic heterocycles. The highest BCUT2D eigenvalue weighted by Gasteiger charge is 2.12. The number of ether oxygens (including phenoxy) is 1. The predicted molar refractivity (Wildman–Crippen MR) is 130 cm³/mol. The van der Waals surface area contributed by atoms with Crippen molar-refractivity contribution in [2.45, 2.75) is 53.4 Å². The molecular formula is C28H34O. The Hall–Kier alpha value is -2.80. The fraction of sp³-hybridized carbons (Fsp3) is 0.286. The van der Waals surface area contributed by atoms with Gasteiger partial charge in [0.05, 0.1) is 0 Å². The summed E-state index contributed by atoms with van der Waals surface area (Å²) in [5.74, 6) is 1.82. The Morgan fingerprint density at radius 1 is 0.517 bits per heavy atom. The minimum atomic E-state index is 0.908. The Labute approximate surface area is 177 Å². The number of hydrogen-bond donors (Lipinski definition) is 0. The van der Waals surface area contributed by atoms with Gasteiger partial charge >= 0.3 is 0 Å². The van der Waals surface area contributed by atoms with E-state index in [-0.39, 0.29) is 0 Å². The zero-order valence-electron chi connectivity index (χ0n) is 18.3. The zero-order valence-corrected chi connectivity index (χ0v) is 18.3. The van der Waals surface area contributed by atoms with Crippen molar-refractivity contribution in [3.8, 4) is 11.5 Å². The molecule has 0 heterocycles. The topological polar surface area (TPSA) is 9.23 Å². The van der Waals surface area contributed by atoms with Gasteiger partial charge in [-0.25, -0.2) is 0 Å². The highest BCUT2D eigenvalue weighted by molar-refractivity contribution is 5.72. The Morgan fingerprint density at radius 3 is 1.03 bits per heavy atom. The van der Waals surface area contributed by atoms with E-state index in [1.807, 2.05) is 0 Å². The molecule has 0 fully saturated rings. The molecule has 1 heteroatoms. The van der Waals surface area contributed by atoms with Gasteiger partial charge in [-0.1, -0.05) is 113 Å². The van der Waals surface area contributed by atoms with Gasteiger partial charge in [0.2, 0.25) is 0 Å². The van der Waals surface area contributed by atoms with E-state index in [1.54, 1.807) is 0 Å². The fourth-order valence-electron chi connectivity index (χ4n) is 2.99. The van der Waals surface area contributed by atoms with Crippen LogP contribution in [0.25, 0.3) is 24.3 Å². The third-order valence-corrected chi connectivity index (χ3v) is 4.49. The maximum atomic E-state index is 6.69. The van der Waals surface area contributed by atoms with Crippen molar-refractivity contribution in [1.29, 1.82) is 0 Å². The molecule has 0 aromatic heterocycles. The number of benzene rings is 2. The molecule has 0 amide bonds. The van der Waals surface area contributed by atoms with Gasteiger partial charge in [-0.2, -0.15) is 0 Å². The Bertz CT molecular complexity index is 743. The third-order valence-electron chi connectivity index (χ3n) is 4.49. The van der Waals surface area contributed by atoms with Crippen LogP contribution in [0.15, 0.2) is 60.7 Å². The summed E-state index contributed by atoms with van der Waals surface area (Å²) in [6.07, 6.45) is 21.3. The van der Waals surface area contributed by atoms with Gasteiger partial charge < -0.3 is 4.74 Å². The SMILES string of the molecule is CCC=Cc1cccc(C=CCC)c1Oc1c(C=CCC)cccc1C=CCC. The number of rotatable bonds is 10. The summed E-state index contributed by atoms with van der Waals surface area (Å²) in [4.78, 5) is 0. The van der Waals surface area contributed by atoms with Crippen molar-refractivity contribution < 1.29 is 4.74 Å². The lowest BCUT2D eigenvalue weighted by molar-refractivity contribution is 0.478. The van der Waals surface area contributed by atoms with Crippen molar-refractivity contribution in [1.82, 2.24) is 0 Å². The molecule has 0 N–H and O–H groups in total. The quantitative estimate of drug-likeness (QED) is 0.395. The lowest BCUT2D eigenvalue weighted by Crippen LogP contribution is -1.95. The molecular weight excluding hydrogens is 352 g/mol. The normalized spacial score (nSPS) is 12.1. The van der Waals surface area contributed by atoms with Gasteiger partial charge in [0.25, 0.3) is 0 Å². The molecule has 0 saturated carbocycles. The highest BCUT2D eigenvalue weighted by atomic mass is 16.5. The molecule has 2 aromatic carbocycles. The fourth-order valence-corrected chi connectivity index (χ4v) is 2.99. The van der Waals surface area contributed by atoms with Crippen LogP contribution < -0.4 is 4.74 Å². The van der Waals surface area contributed by atoms with E-state index in [0.717, 1.165) is 59.4 Å². The molecule has 1 nitrogen and oxygen atoms in total. The minimum Gasteiger partial charge on any atom is -0.455 e. The summed E-state index contributed by atoms with van der Waals surface area (Å²) in [7, 11) is 0. The summed E-state index contributed by atoms with van der Waals surface area (Å²) in [5.41, 5.74) is 4.41. The Balaban J connectivity index is 2.64. The molecule has 152 valence electrons. The lowest BCUT2D eigenvalue weighted by atomic mass is 10.0. The predicted octanol–water partition coefficient (Wildman–Crippen LogP) is 9.17. The van der Waals surface area contributed by atoms with E-state index in [4.69, 9.17) is 4.74 Å². The van der Waals surface area contributed by atoms with Crippen molar-refractivity contribution in [3.63, 3.8) is 0 Å². The van der Waals surface area contributed by atoms with Crippen molar-refractivity contribution in [2.75, 3.05) is 0 Å². The van der Waals surface area contributed by atoms with Crippen molar-refractivity contribution in [3.05, 3.63) is 83.0 Å². The standard InChI is InChI=1S/C28H34O/c1-5-9-15-23-19-13-20-24(16-10-6-2)27(23)29-28-25(17-11-7-3)21-14-22-26(28)18-12-8-4/h9-22H,5-8H2,1-4H3. The summed E-state index contributed by atoms with van der Waals surface area (Å²) in [5, 5.41) is 0. The first-order chi connectivity index (χ1) is 14.2. The highest BCUT2D eigenvalue weighted by Crippen LogP contribution is 2.36. The van der Waals surface area contributed by atoms with Gasteiger partial charge in [-0.3, -0.25) is 0 Å². The van der Waals surface area contributed by atoms with E-state index < -0.39 is 0 Å². The van der Waals surface area contributed by atoms with E-state index >= 15 is 0 Å². The molecule has 0 radical (unpaired) electrons. The van der Waals surface area contributed by atoms with E-state index in [0.29, 0.717) is 0 Å². The Kier molecular flexibility index (Phi) is 9.78. The molecule has 0 saturated heterocycles. The largest absolute Gasteiger partial charge is 0.455 e. The van der Waals surface area contributed by atoms with Crippen LogP contribution in [0.1, 0.15) is 75.6 Å². The molecule has 2 rings (SSSR count). The van der Waals surface area contributed by atoms with Crippen LogP contribution in [-0.4, -0.2) is 0 Å². The first-order valence-corrected chi connectivity index (χ1v) is 10.8. The van der Waals surface area contributed by atoms with Gasteiger partial charge in [0.15, 0.2) is 0 Å². The maximum absolute atomic E-state index is 6.69. The van der Waals surface area contributed by atoms with Gasteiger partial charge in [0.1, 0.15) is 11.5 Å². The molecule has 2 aromatic rings. The first-order valence-electron chi connectivity index (χ1n) is 10.8. The second-order valence-corrected chi connectivity index (χ2v) is 6.88. The second-order valence-electron chi connectivity index (χ2n) is 6.88. The van der Waals surface area contributed by atoms with Crippen LogP contribution in [-0.2, 0) is 0 Å². The van der Waals surface area contributed by atoms with Crippen LogP contribution >= 0.6 is 0 Å². The molecule has 0 bridgehead atoms. The number of para-hydroxylation sites is 2. The maximum Gasteiger partial charge on any atom is 0.141 e. The molecule has 0 spiro atoms. The van der Waals surface area contributed by atoms with Crippen LogP contribution in [0.4, 0.5) is 0 Å². The van der Waals surface area contributed by atoms with Crippen LogP contribution in [0.5, 0.6) is 11.5 Å². The first kappa shape index (κ1) is 22.5.